The summed E-state index contributed by atoms with van der Waals surface area (Å²) in [6.07, 6.45) is -4.19. The highest BCUT2D eigenvalue weighted by Gasteiger charge is 2.67. The Morgan fingerprint density at radius 2 is 1.97 bits per heavy atom. The molecule has 0 radical (unpaired) electrons. The molecule has 2 aromatic rings. The van der Waals surface area contributed by atoms with Gasteiger partial charge in [-0.3, -0.25) is 4.72 Å². The minimum Gasteiger partial charge on any atom is -0.369 e. The first-order valence-corrected chi connectivity index (χ1v) is 11.8. The fourth-order valence-corrected chi connectivity index (χ4v) is 4.52. The van der Waals surface area contributed by atoms with Gasteiger partial charge in [-0.2, -0.15) is 30.4 Å². The second-order valence-corrected chi connectivity index (χ2v) is 9.66. The summed E-state index contributed by atoms with van der Waals surface area (Å²) in [6, 6.07) is 2.72. The molecular weight excluding hydrogens is 479 g/mol. The number of benzene rings is 1. The van der Waals surface area contributed by atoms with Crippen LogP contribution in [0.15, 0.2) is 27.9 Å². The SMILES string of the molecule is CCCN1c2cc(NS(=O)(=O)C(F)(F)C(F)(F)F)c(N=Nc3nncs3)cc2CCC1C. The predicted molar refractivity (Wildman–Crippen MR) is 109 cm³/mol. The first-order chi connectivity index (χ1) is 14.9. The van der Waals surface area contributed by atoms with Crippen molar-refractivity contribution in [2.75, 3.05) is 16.2 Å². The molecule has 15 heteroatoms. The van der Waals surface area contributed by atoms with Gasteiger partial charge in [-0.05, 0) is 43.9 Å². The lowest BCUT2D eigenvalue weighted by Gasteiger charge is -2.37. The van der Waals surface area contributed by atoms with Crippen LogP contribution in [0.1, 0.15) is 32.3 Å². The molecule has 1 aromatic carbocycles. The third-order valence-electron chi connectivity index (χ3n) is 4.84. The molecule has 1 atom stereocenters. The van der Waals surface area contributed by atoms with E-state index in [4.69, 9.17) is 0 Å². The molecule has 176 valence electrons. The van der Waals surface area contributed by atoms with E-state index in [0.29, 0.717) is 18.7 Å². The zero-order chi connectivity index (χ0) is 23.7. The number of azo groups is 1. The Morgan fingerprint density at radius 3 is 2.56 bits per heavy atom. The van der Waals surface area contributed by atoms with Crippen LogP contribution < -0.4 is 9.62 Å². The number of hydrogen-bond acceptors (Lipinski definition) is 8. The number of aromatic nitrogens is 2. The van der Waals surface area contributed by atoms with E-state index < -0.39 is 27.1 Å². The number of nitrogens with zero attached hydrogens (tertiary/aromatic N) is 5. The van der Waals surface area contributed by atoms with Gasteiger partial charge in [0.2, 0.25) is 0 Å². The highest BCUT2D eigenvalue weighted by Crippen LogP contribution is 2.44. The number of hydrogen-bond donors (Lipinski definition) is 1. The average Bonchev–Trinajstić information content (AvgIpc) is 3.21. The second-order valence-electron chi connectivity index (χ2n) is 7.12. The second kappa shape index (κ2) is 8.84. The van der Waals surface area contributed by atoms with E-state index in [2.05, 4.69) is 20.4 Å². The zero-order valence-electron chi connectivity index (χ0n) is 16.9. The summed E-state index contributed by atoms with van der Waals surface area (Å²) in [7, 11) is -6.19. The highest BCUT2D eigenvalue weighted by molar-refractivity contribution is 7.93. The van der Waals surface area contributed by atoms with Gasteiger partial charge in [-0.15, -0.1) is 20.4 Å². The van der Waals surface area contributed by atoms with Crippen LogP contribution in [-0.4, -0.2) is 42.6 Å². The molecule has 32 heavy (non-hydrogen) atoms. The quantitative estimate of drug-likeness (QED) is 0.407. The van der Waals surface area contributed by atoms with Crippen LogP contribution in [0.4, 0.5) is 44.1 Å². The van der Waals surface area contributed by atoms with E-state index in [1.165, 1.54) is 22.4 Å². The number of aryl methyl sites for hydroxylation is 1. The molecule has 8 nitrogen and oxygen atoms in total. The molecular formula is C17H19F5N6O2S2. The lowest BCUT2D eigenvalue weighted by Crippen LogP contribution is -2.47. The van der Waals surface area contributed by atoms with Crippen LogP contribution in [0.2, 0.25) is 0 Å². The molecule has 1 unspecified atom stereocenters. The Labute approximate surface area is 184 Å². The van der Waals surface area contributed by atoms with Crippen molar-refractivity contribution in [2.45, 2.75) is 50.6 Å². The van der Waals surface area contributed by atoms with Crippen LogP contribution in [-0.2, 0) is 16.4 Å². The van der Waals surface area contributed by atoms with Crippen molar-refractivity contribution in [3.8, 4) is 0 Å². The van der Waals surface area contributed by atoms with Gasteiger partial charge in [0.25, 0.3) is 5.13 Å². The molecule has 1 aliphatic rings. The van der Waals surface area contributed by atoms with Crippen molar-refractivity contribution in [3.63, 3.8) is 0 Å². The van der Waals surface area contributed by atoms with Gasteiger partial charge >= 0.3 is 21.5 Å². The normalized spacial score (nSPS) is 17.6. The lowest BCUT2D eigenvalue weighted by atomic mass is 9.95. The summed E-state index contributed by atoms with van der Waals surface area (Å²) in [6.45, 7) is 4.47. The molecule has 3 rings (SSSR count). The Hall–Kier alpha value is -2.42. The first kappa shape index (κ1) is 24.2. The monoisotopic (exact) mass is 498 g/mol. The van der Waals surface area contributed by atoms with Crippen molar-refractivity contribution in [1.82, 2.24) is 10.2 Å². The molecule has 0 saturated carbocycles. The van der Waals surface area contributed by atoms with Crippen LogP contribution in [0.5, 0.6) is 0 Å². The van der Waals surface area contributed by atoms with Crippen LogP contribution in [0.3, 0.4) is 0 Å². The maximum absolute atomic E-state index is 13.7. The van der Waals surface area contributed by atoms with Crippen molar-refractivity contribution < 1.29 is 30.4 Å². The molecule has 1 aromatic heterocycles. The zero-order valence-corrected chi connectivity index (χ0v) is 18.5. The van der Waals surface area contributed by atoms with E-state index in [1.54, 1.807) is 0 Å². The number of nitrogens with one attached hydrogen (secondary N) is 1. The van der Waals surface area contributed by atoms with Crippen LogP contribution >= 0.6 is 11.3 Å². The molecule has 0 saturated heterocycles. The minimum atomic E-state index is -6.30. The molecule has 1 N–H and O–H groups in total. The topological polar surface area (TPSA) is 99.9 Å². The van der Waals surface area contributed by atoms with Crippen molar-refractivity contribution >= 4 is 43.6 Å². The van der Waals surface area contributed by atoms with E-state index in [1.807, 2.05) is 18.7 Å². The van der Waals surface area contributed by atoms with Gasteiger partial charge in [0.05, 0.1) is 5.69 Å². The average molecular weight is 499 g/mol. The Morgan fingerprint density at radius 1 is 1.25 bits per heavy atom. The maximum atomic E-state index is 13.7. The smallest absolute Gasteiger partial charge is 0.369 e. The van der Waals surface area contributed by atoms with Gasteiger partial charge in [0.1, 0.15) is 11.2 Å². The van der Waals surface area contributed by atoms with Gasteiger partial charge in [0.15, 0.2) is 0 Å². The Kier molecular flexibility index (Phi) is 6.70. The third kappa shape index (κ3) is 4.67. The van der Waals surface area contributed by atoms with E-state index in [9.17, 15) is 30.4 Å². The fourth-order valence-electron chi connectivity index (χ4n) is 3.26. The number of alkyl halides is 5. The van der Waals surface area contributed by atoms with Gasteiger partial charge < -0.3 is 4.90 Å². The first-order valence-electron chi connectivity index (χ1n) is 9.45. The standard InChI is InChI=1S/C17H19F5N6O2S2/c1-3-6-28-10(2)4-5-11-7-12(24-26-15-25-23-9-31-15)13(8-14(11)28)27-32(29,30)17(21,22)16(18,19)20/h7-10,27H,3-6H2,1-2H3. The molecule has 1 aliphatic heterocycles. The Balaban J connectivity index is 2.11. The molecule has 2 heterocycles. The summed E-state index contributed by atoms with van der Waals surface area (Å²) in [5.41, 5.74) is 1.88. The van der Waals surface area contributed by atoms with Gasteiger partial charge in [0, 0.05) is 18.3 Å². The summed E-state index contributed by atoms with van der Waals surface area (Å²) >= 11 is 1.01. The molecule has 0 spiro atoms. The summed E-state index contributed by atoms with van der Waals surface area (Å²) in [4.78, 5) is 1.95. The number of halogens is 5. The molecule has 0 aliphatic carbocycles. The third-order valence-corrected chi connectivity index (χ3v) is 6.81. The number of anilines is 2. The molecule has 0 fully saturated rings. The fraction of sp³-hybridized carbons (Fsp3) is 0.529. The largest absolute Gasteiger partial charge is 0.471 e. The van der Waals surface area contributed by atoms with Crippen LogP contribution in [0, 0.1) is 0 Å². The summed E-state index contributed by atoms with van der Waals surface area (Å²) < 4.78 is 90.9. The number of fused-ring (bicyclic) bond motifs is 1. The van der Waals surface area contributed by atoms with E-state index in [-0.39, 0.29) is 16.9 Å². The van der Waals surface area contributed by atoms with E-state index in [0.717, 1.165) is 29.7 Å². The summed E-state index contributed by atoms with van der Waals surface area (Å²) in [5, 5.41) is 8.88. The lowest BCUT2D eigenvalue weighted by molar-refractivity contribution is -0.241. The maximum Gasteiger partial charge on any atom is 0.471 e. The van der Waals surface area contributed by atoms with Gasteiger partial charge in [-0.25, -0.2) is 0 Å². The summed E-state index contributed by atoms with van der Waals surface area (Å²) in [5.74, 6) is 0. The van der Waals surface area contributed by atoms with Crippen molar-refractivity contribution in [1.29, 1.82) is 0 Å². The predicted octanol–water partition coefficient (Wildman–Crippen LogP) is 5.40. The minimum absolute atomic E-state index is 0.0670. The van der Waals surface area contributed by atoms with Crippen LogP contribution in [0.25, 0.3) is 0 Å². The van der Waals surface area contributed by atoms with E-state index >= 15 is 0 Å². The number of sulfonamides is 1. The number of rotatable bonds is 7. The Bertz CT molecular complexity index is 1090. The molecule has 0 bridgehead atoms. The van der Waals surface area contributed by atoms with Crippen molar-refractivity contribution in [2.24, 2.45) is 10.2 Å². The highest BCUT2D eigenvalue weighted by atomic mass is 32.2. The van der Waals surface area contributed by atoms with Crippen molar-refractivity contribution in [3.05, 3.63) is 23.2 Å². The van der Waals surface area contributed by atoms with Gasteiger partial charge in [-0.1, -0.05) is 18.3 Å². The molecule has 0 amide bonds.